The van der Waals surface area contributed by atoms with Crippen LogP contribution in [0.25, 0.3) is 0 Å². The van der Waals surface area contributed by atoms with Crippen molar-refractivity contribution in [1.82, 2.24) is 4.90 Å². The summed E-state index contributed by atoms with van der Waals surface area (Å²) in [5.74, 6) is 5.93. The molecule has 23 heavy (non-hydrogen) atoms. The molecular weight excluding hydrogens is 294 g/mol. The number of amides is 1. The zero-order chi connectivity index (χ0) is 16.9. The third-order valence-corrected chi connectivity index (χ3v) is 3.53. The van der Waals surface area contributed by atoms with Gasteiger partial charge in [0, 0.05) is 19.7 Å². The molecule has 0 spiro atoms. The van der Waals surface area contributed by atoms with Crippen LogP contribution in [0.4, 0.5) is 0 Å². The fourth-order valence-electron chi connectivity index (χ4n) is 2.43. The van der Waals surface area contributed by atoms with Gasteiger partial charge in [-0.05, 0) is 51.2 Å². The molecule has 0 aromatic carbocycles. The molecule has 1 fully saturated rings. The van der Waals surface area contributed by atoms with Crippen molar-refractivity contribution in [3.8, 4) is 11.8 Å². The van der Waals surface area contributed by atoms with Crippen LogP contribution in [0.1, 0.15) is 56.3 Å². The molecule has 2 rings (SSSR count). The first-order valence-electron chi connectivity index (χ1n) is 8.15. The second-order valence-electron chi connectivity index (χ2n) is 6.36. The first kappa shape index (κ1) is 17.6. The maximum absolute atomic E-state index is 12.5. The van der Waals surface area contributed by atoms with Crippen molar-refractivity contribution in [2.75, 3.05) is 19.7 Å². The van der Waals surface area contributed by atoms with Gasteiger partial charge in [-0.3, -0.25) is 4.79 Å². The number of carbonyl (C=O) groups is 1. The Bertz CT molecular complexity index is 588. The molecule has 2 heterocycles. The minimum absolute atomic E-state index is 0.108. The van der Waals surface area contributed by atoms with Gasteiger partial charge in [-0.2, -0.15) is 0 Å². The van der Waals surface area contributed by atoms with Crippen molar-refractivity contribution in [1.29, 1.82) is 0 Å². The van der Waals surface area contributed by atoms with Crippen molar-refractivity contribution in [2.45, 2.75) is 51.7 Å². The average Bonchev–Trinajstić information content (AvgIpc) is 2.99. The van der Waals surface area contributed by atoms with E-state index >= 15 is 0 Å². The molecule has 1 aromatic rings. The molecule has 1 unspecified atom stereocenters. The molecule has 1 atom stereocenters. The Balaban J connectivity index is 2.00. The van der Waals surface area contributed by atoms with Crippen LogP contribution in [0.15, 0.2) is 16.5 Å². The van der Waals surface area contributed by atoms with Crippen LogP contribution >= 0.6 is 0 Å². The van der Waals surface area contributed by atoms with Gasteiger partial charge in [-0.1, -0.05) is 12.8 Å². The lowest BCUT2D eigenvalue weighted by Gasteiger charge is -2.32. The highest BCUT2D eigenvalue weighted by Crippen LogP contribution is 2.17. The molecule has 0 bridgehead atoms. The van der Waals surface area contributed by atoms with E-state index in [4.69, 9.17) is 9.15 Å². The number of hydrogen-bond donors (Lipinski definition) is 1. The Labute approximate surface area is 137 Å². The first-order chi connectivity index (χ1) is 10.9. The van der Waals surface area contributed by atoms with E-state index in [2.05, 4.69) is 18.8 Å². The lowest BCUT2D eigenvalue weighted by atomic mass is 10.1. The molecule has 1 aromatic heterocycles. The predicted molar refractivity (Wildman–Crippen MR) is 87.1 cm³/mol. The summed E-state index contributed by atoms with van der Waals surface area (Å²) in [6.45, 7) is 7.31. The average molecular weight is 319 g/mol. The van der Waals surface area contributed by atoms with Crippen LogP contribution in [0.5, 0.6) is 0 Å². The van der Waals surface area contributed by atoms with Crippen LogP contribution in [0, 0.1) is 11.8 Å². The van der Waals surface area contributed by atoms with E-state index in [1.54, 1.807) is 30.9 Å². The maximum atomic E-state index is 12.5. The molecule has 126 valence electrons. The monoisotopic (exact) mass is 319 g/mol. The number of ether oxygens (including phenoxy) is 1. The third-order valence-electron chi connectivity index (χ3n) is 3.53. The summed E-state index contributed by atoms with van der Waals surface area (Å²) in [5.41, 5.74) is -1.09. The number of hydrogen-bond acceptors (Lipinski definition) is 4. The molecule has 0 aliphatic carbocycles. The molecule has 0 saturated carbocycles. The number of piperidine rings is 1. The normalized spacial score (nSPS) is 18.4. The Morgan fingerprint density at radius 3 is 3.00 bits per heavy atom. The highest BCUT2D eigenvalue weighted by Gasteiger charge is 2.26. The zero-order valence-corrected chi connectivity index (χ0v) is 14.1. The first-order valence-corrected chi connectivity index (χ1v) is 8.15. The molecular formula is C18H25NO4. The number of rotatable bonds is 4. The van der Waals surface area contributed by atoms with Crippen molar-refractivity contribution in [3.63, 3.8) is 0 Å². The summed E-state index contributed by atoms with van der Waals surface area (Å²) in [7, 11) is 0. The lowest BCUT2D eigenvalue weighted by Crippen LogP contribution is -2.43. The molecule has 1 aliphatic rings. The largest absolute Gasteiger partial charge is 0.443 e. The van der Waals surface area contributed by atoms with Crippen LogP contribution < -0.4 is 0 Å². The quantitative estimate of drug-likeness (QED) is 0.866. The van der Waals surface area contributed by atoms with E-state index in [1.807, 2.05) is 0 Å². The zero-order valence-electron chi connectivity index (χ0n) is 14.1. The van der Waals surface area contributed by atoms with Gasteiger partial charge >= 0.3 is 0 Å². The summed E-state index contributed by atoms with van der Waals surface area (Å²) in [6, 6.07) is 3.29. The molecule has 1 saturated heterocycles. The van der Waals surface area contributed by atoms with Gasteiger partial charge in [0.15, 0.2) is 11.5 Å². The SMILES string of the molecule is CCCOC1CCCN(C(=O)c2ccc(C#CC(C)(C)O)o2)C1. The molecule has 5 nitrogen and oxygen atoms in total. The summed E-state index contributed by atoms with van der Waals surface area (Å²) in [6.07, 6.45) is 3.01. The Kier molecular flexibility index (Phi) is 5.86. The van der Waals surface area contributed by atoms with Crippen LogP contribution in [-0.4, -0.2) is 47.3 Å². The predicted octanol–water partition coefficient (Wildman–Crippen LogP) is 2.43. The number of furan rings is 1. The van der Waals surface area contributed by atoms with E-state index in [1.165, 1.54) is 0 Å². The van der Waals surface area contributed by atoms with Gasteiger partial charge in [0.1, 0.15) is 5.60 Å². The molecule has 5 heteroatoms. The van der Waals surface area contributed by atoms with E-state index < -0.39 is 5.60 Å². The summed E-state index contributed by atoms with van der Waals surface area (Å²) < 4.78 is 11.2. The molecule has 1 amide bonds. The summed E-state index contributed by atoms with van der Waals surface area (Å²) in [5, 5.41) is 9.59. The molecule has 1 N–H and O–H groups in total. The minimum Gasteiger partial charge on any atom is -0.443 e. The van der Waals surface area contributed by atoms with Crippen molar-refractivity contribution < 1.29 is 19.1 Å². The maximum Gasteiger partial charge on any atom is 0.289 e. The Morgan fingerprint density at radius 1 is 1.52 bits per heavy atom. The van der Waals surface area contributed by atoms with Crippen LogP contribution in [-0.2, 0) is 4.74 Å². The summed E-state index contributed by atoms with van der Waals surface area (Å²) >= 11 is 0. The van der Waals surface area contributed by atoms with E-state index in [0.29, 0.717) is 12.3 Å². The lowest BCUT2D eigenvalue weighted by molar-refractivity contribution is 0.00114. The minimum atomic E-state index is -1.09. The van der Waals surface area contributed by atoms with E-state index in [0.717, 1.165) is 32.4 Å². The van der Waals surface area contributed by atoms with Gasteiger partial charge in [-0.15, -0.1) is 0 Å². The van der Waals surface area contributed by atoms with Gasteiger partial charge in [0.05, 0.1) is 6.10 Å². The van der Waals surface area contributed by atoms with Crippen molar-refractivity contribution >= 4 is 5.91 Å². The number of aliphatic hydroxyl groups is 1. The Hall–Kier alpha value is -1.77. The molecule has 1 aliphatic heterocycles. The number of carbonyl (C=O) groups excluding carboxylic acids is 1. The van der Waals surface area contributed by atoms with Gasteiger partial charge in [-0.25, -0.2) is 0 Å². The molecule has 0 radical (unpaired) electrons. The fraction of sp³-hybridized carbons (Fsp3) is 0.611. The van der Waals surface area contributed by atoms with E-state index in [9.17, 15) is 9.90 Å². The van der Waals surface area contributed by atoms with Crippen molar-refractivity contribution in [2.24, 2.45) is 0 Å². The third kappa shape index (κ3) is 5.42. The standard InChI is InChI=1S/C18H25NO4/c1-4-12-22-15-6-5-11-19(13-15)17(20)16-8-7-14(23-16)9-10-18(2,3)21/h7-8,15,21H,4-6,11-13H2,1-3H3. The van der Waals surface area contributed by atoms with Gasteiger partial charge < -0.3 is 19.2 Å². The highest BCUT2D eigenvalue weighted by molar-refractivity contribution is 5.91. The van der Waals surface area contributed by atoms with Crippen LogP contribution in [0.3, 0.4) is 0 Å². The Morgan fingerprint density at radius 2 is 2.30 bits per heavy atom. The highest BCUT2D eigenvalue weighted by atomic mass is 16.5. The number of nitrogens with zero attached hydrogens (tertiary/aromatic N) is 1. The van der Waals surface area contributed by atoms with Gasteiger partial charge in [0.2, 0.25) is 0 Å². The second-order valence-corrected chi connectivity index (χ2v) is 6.36. The van der Waals surface area contributed by atoms with Crippen molar-refractivity contribution in [3.05, 3.63) is 23.7 Å². The topological polar surface area (TPSA) is 62.9 Å². The second kappa shape index (κ2) is 7.67. The summed E-state index contributed by atoms with van der Waals surface area (Å²) in [4.78, 5) is 14.3. The van der Waals surface area contributed by atoms with E-state index in [-0.39, 0.29) is 17.8 Å². The number of likely N-dealkylation sites (tertiary alicyclic amines) is 1. The van der Waals surface area contributed by atoms with Gasteiger partial charge in [0.25, 0.3) is 5.91 Å². The fourth-order valence-corrected chi connectivity index (χ4v) is 2.43. The van der Waals surface area contributed by atoms with Crippen LogP contribution in [0.2, 0.25) is 0 Å². The smallest absolute Gasteiger partial charge is 0.289 e.